The van der Waals surface area contributed by atoms with Gasteiger partial charge in [-0.3, -0.25) is 9.59 Å². The van der Waals surface area contributed by atoms with Crippen molar-refractivity contribution in [2.75, 3.05) is 18.5 Å². The highest BCUT2D eigenvalue weighted by molar-refractivity contribution is 5.95. The van der Waals surface area contributed by atoms with Gasteiger partial charge in [0.2, 0.25) is 11.8 Å². The van der Waals surface area contributed by atoms with Gasteiger partial charge < -0.3 is 21.5 Å². The monoisotopic (exact) mass is 319 g/mol. The molecule has 0 spiro atoms. The topological polar surface area (TPSA) is 107 Å². The maximum absolute atomic E-state index is 12.3. The van der Waals surface area contributed by atoms with Crippen LogP contribution in [0.15, 0.2) is 24.3 Å². The standard InChI is InChI=1S/C17H25N3O3/c1-17(2,16(19)22)12-3-5-13(6-4-12)20-15(21)14(18)11-7-9-23-10-8-11/h3-6,11,14H,7-10,18H2,1-2H3,(H2,19,22)(H,20,21). The van der Waals surface area contributed by atoms with Crippen LogP contribution in [-0.4, -0.2) is 31.1 Å². The van der Waals surface area contributed by atoms with Gasteiger partial charge >= 0.3 is 0 Å². The first kappa shape index (κ1) is 17.4. The Morgan fingerprint density at radius 3 is 2.30 bits per heavy atom. The van der Waals surface area contributed by atoms with Crippen LogP contribution >= 0.6 is 0 Å². The average Bonchev–Trinajstić information content (AvgIpc) is 2.55. The molecule has 1 saturated heterocycles. The number of amides is 2. The fourth-order valence-electron chi connectivity index (χ4n) is 2.63. The third-order valence-corrected chi connectivity index (χ3v) is 4.57. The van der Waals surface area contributed by atoms with Crippen molar-refractivity contribution >= 4 is 17.5 Å². The smallest absolute Gasteiger partial charge is 0.241 e. The molecule has 0 aliphatic carbocycles. The molecule has 0 aromatic heterocycles. The lowest BCUT2D eigenvalue weighted by Gasteiger charge is -2.27. The van der Waals surface area contributed by atoms with E-state index in [0.29, 0.717) is 18.9 Å². The molecule has 1 unspecified atom stereocenters. The van der Waals surface area contributed by atoms with Crippen molar-refractivity contribution in [3.63, 3.8) is 0 Å². The van der Waals surface area contributed by atoms with E-state index in [-0.39, 0.29) is 11.8 Å². The third kappa shape index (κ3) is 4.09. The summed E-state index contributed by atoms with van der Waals surface area (Å²) < 4.78 is 5.29. The molecular weight excluding hydrogens is 294 g/mol. The van der Waals surface area contributed by atoms with Gasteiger partial charge in [-0.25, -0.2) is 0 Å². The van der Waals surface area contributed by atoms with Crippen LogP contribution in [0.3, 0.4) is 0 Å². The van der Waals surface area contributed by atoms with Gasteiger partial charge in [-0.1, -0.05) is 12.1 Å². The molecule has 1 aliphatic heterocycles. The predicted molar refractivity (Wildman–Crippen MR) is 88.8 cm³/mol. The Kier molecular flexibility index (Phi) is 5.38. The fourth-order valence-corrected chi connectivity index (χ4v) is 2.63. The summed E-state index contributed by atoms with van der Waals surface area (Å²) in [6.07, 6.45) is 1.61. The fraction of sp³-hybridized carbons (Fsp3) is 0.529. The van der Waals surface area contributed by atoms with E-state index in [9.17, 15) is 9.59 Å². The van der Waals surface area contributed by atoms with Gasteiger partial charge in [0.15, 0.2) is 0 Å². The molecule has 1 aromatic carbocycles. The van der Waals surface area contributed by atoms with Gasteiger partial charge in [-0.2, -0.15) is 0 Å². The lowest BCUT2D eigenvalue weighted by Crippen LogP contribution is -2.44. The number of rotatable bonds is 5. The second-order valence-electron chi connectivity index (χ2n) is 6.53. The molecule has 2 amide bonds. The highest BCUT2D eigenvalue weighted by Crippen LogP contribution is 2.24. The van der Waals surface area contributed by atoms with E-state index < -0.39 is 17.4 Å². The van der Waals surface area contributed by atoms with E-state index in [0.717, 1.165) is 18.4 Å². The van der Waals surface area contributed by atoms with Gasteiger partial charge in [-0.15, -0.1) is 0 Å². The van der Waals surface area contributed by atoms with Crippen LogP contribution in [0.1, 0.15) is 32.3 Å². The van der Waals surface area contributed by atoms with Crippen LogP contribution in [0.2, 0.25) is 0 Å². The first-order chi connectivity index (χ1) is 10.8. The zero-order valence-corrected chi connectivity index (χ0v) is 13.7. The van der Waals surface area contributed by atoms with Gasteiger partial charge in [0.05, 0.1) is 11.5 Å². The third-order valence-electron chi connectivity index (χ3n) is 4.57. The second kappa shape index (κ2) is 7.10. The molecule has 126 valence electrons. The number of nitrogens with one attached hydrogen (secondary N) is 1. The molecule has 6 nitrogen and oxygen atoms in total. The molecule has 23 heavy (non-hydrogen) atoms. The number of carbonyl (C=O) groups is 2. The second-order valence-corrected chi connectivity index (χ2v) is 6.53. The normalized spacial score (nSPS) is 17.5. The lowest BCUT2D eigenvalue weighted by atomic mass is 9.84. The Labute approximate surface area is 136 Å². The average molecular weight is 319 g/mol. The van der Waals surface area contributed by atoms with E-state index in [1.54, 1.807) is 38.1 Å². The Balaban J connectivity index is 2.00. The van der Waals surface area contributed by atoms with Crippen molar-refractivity contribution < 1.29 is 14.3 Å². The van der Waals surface area contributed by atoms with Crippen molar-refractivity contribution in [2.45, 2.75) is 38.1 Å². The maximum Gasteiger partial charge on any atom is 0.241 e. The molecule has 0 bridgehead atoms. The Morgan fingerprint density at radius 2 is 1.78 bits per heavy atom. The highest BCUT2D eigenvalue weighted by atomic mass is 16.5. The Hall–Kier alpha value is -1.92. The van der Waals surface area contributed by atoms with E-state index in [1.165, 1.54) is 0 Å². The van der Waals surface area contributed by atoms with Gasteiger partial charge in [0, 0.05) is 18.9 Å². The number of anilines is 1. The largest absolute Gasteiger partial charge is 0.381 e. The number of hydrogen-bond acceptors (Lipinski definition) is 4. The van der Waals surface area contributed by atoms with Crippen molar-refractivity contribution in [1.29, 1.82) is 0 Å². The summed E-state index contributed by atoms with van der Waals surface area (Å²) in [7, 11) is 0. The summed E-state index contributed by atoms with van der Waals surface area (Å²) in [5.74, 6) is -0.438. The van der Waals surface area contributed by atoms with Crippen LogP contribution < -0.4 is 16.8 Å². The van der Waals surface area contributed by atoms with Gasteiger partial charge in [-0.05, 0) is 50.3 Å². The quantitative estimate of drug-likeness (QED) is 0.756. The summed E-state index contributed by atoms with van der Waals surface area (Å²) >= 11 is 0. The number of hydrogen-bond donors (Lipinski definition) is 3. The highest BCUT2D eigenvalue weighted by Gasteiger charge is 2.28. The van der Waals surface area contributed by atoms with E-state index in [4.69, 9.17) is 16.2 Å². The molecule has 1 atom stereocenters. The minimum absolute atomic E-state index is 0.150. The van der Waals surface area contributed by atoms with E-state index >= 15 is 0 Å². The number of nitrogens with two attached hydrogens (primary N) is 2. The lowest BCUT2D eigenvalue weighted by molar-refractivity contribution is -0.122. The Bertz CT molecular complexity index is 563. The summed E-state index contributed by atoms with van der Waals surface area (Å²) in [6.45, 7) is 4.85. The first-order valence-corrected chi connectivity index (χ1v) is 7.87. The summed E-state index contributed by atoms with van der Waals surface area (Å²) in [6, 6.07) is 6.56. The summed E-state index contributed by atoms with van der Waals surface area (Å²) in [5.41, 5.74) is 12.2. The number of benzene rings is 1. The molecule has 5 N–H and O–H groups in total. The molecular formula is C17H25N3O3. The van der Waals surface area contributed by atoms with Gasteiger partial charge in [0.1, 0.15) is 0 Å². The van der Waals surface area contributed by atoms with Gasteiger partial charge in [0.25, 0.3) is 0 Å². The molecule has 6 heteroatoms. The van der Waals surface area contributed by atoms with Crippen LogP contribution in [-0.2, 0) is 19.7 Å². The minimum Gasteiger partial charge on any atom is -0.381 e. The van der Waals surface area contributed by atoms with Crippen LogP contribution in [0.5, 0.6) is 0 Å². The molecule has 1 aliphatic rings. The number of carbonyl (C=O) groups excluding carboxylic acids is 2. The van der Waals surface area contributed by atoms with Crippen LogP contribution in [0, 0.1) is 5.92 Å². The summed E-state index contributed by atoms with van der Waals surface area (Å²) in [5, 5.41) is 2.83. The predicted octanol–water partition coefficient (Wildman–Crippen LogP) is 1.14. The van der Waals surface area contributed by atoms with E-state index in [2.05, 4.69) is 5.32 Å². The molecule has 1 heterocycles. The number of ether oxygens (including phenoxy) is 1. The zero-order chi connectivity index (χ0) is 17.0. The summed E-state index contributed by atoms with van der Waals surface area (Å²) in [4.78, 5) is 23.7. The SMILES string of the molecule is CC(C)(C(N)=O)c1ccc(NC(=O)C(N)C2CCOCC2)cc1. The van der Waals surface area contributed by atoms with Crippen molar-refractivity contribution in [1.82, 2.24) is 0 Å². The Morgan fingerprint density at radius 1 is 1.22 bits per heavy atom. The van der Waals surface area contributed by atoms with Crippen molar-refractivity contribution in [3.05, 3.63) is 29.8 Å². The van der Waals surface area contributed by atoms with Crippen molar-refractivity contribution in [2.24, 2.45) is 17.4 Å². The molecule has 1 fully saturated rings. The van der Waals surface area contributed by atoms with Crippen LogP contribution in [0.25, 0.3) is 0 Å². The van der Waals surface area contributed by atoms with Crippen molar-refractivity contribution in [3.8, 4) is 0 Å². The maximum atomic E-state index is 12.3. The molecule has 2 rings (SSSR count). The molecule has 1 aromatic rings. The van der Waals surface area contributed by atoms with Crippen LogP contribution in [0.4, 0.5) is 5.69 Å². The number of primary amides is 1. The minimum atomic E-state index is -0.749. The molecule has 0 radical (unpaired) electrons. The zero-order valence-electron chi connectivity index (χ0n) is 13.7. The van der Waals surface area contributed by atoms with E-state index in [1.807, 2.05) is 0 Å². The first-order valence-electron chi connectivity index (χ1n) is 7.87. The molecule has 0 saturated carbocycles.